The first kappa shape index (κ1) is 14.6. The number of halogens is 4. The summed E-state index contributed by atoms with van der Waals surface area (Å²) in [5.41, 5.74) is 0.800. The fraction of sp³-hybridized carbons (Fsp3) is 0. The van der Waals surface area contributed by atoms with Gasteiger partial charge in [0.2, 0.25) is 0 Å². The minimum absolute atomic E-state index is 0.270. The van der Waals surface area contributed by atoms with E-state index in [1.165, 1.54) is 12.3 Å². The molecule has 0 spiro atoms. The number of carbonyl (C=O) groups is 1. The summed E-state index contributed by atoms with van der Waals surface area (Å²) in [5, 5.41) is 3.59. The van der Waals surface area contributed by atoms with Crippen molar-refractivity contribution in [3.8, 4) is 0 Å². The Morgan fingerprint density at radius 2 is 1.84 bits per heavy atom. The first-order valence-corrected chi connectivity index (χ1v) is 6.98. The van der Waals surface area contributed by atoms with Crippen LogP contribution in [0.4, 0.5) is 5.69 Å². The van der Waals surface area contributed by atoms with Gasteiger partial charge in [0, 0.05) is 10.7 Å². The van der Waals surface area contributed by atoms with Crippen LogP contribution in [0.3, 0.4) is 0 Å². The van der Waals surface area contributed by atoms with Crippen LogP contribution < -0.4 is 5.32 Å². The Labute approximate surface area is 133 Å². The molecule has 1 N–H and O–H groups in total. The molecule has 0 aliphatic rings. The van der Waals surface area contributed by atoms with Crippen LogP contribution in [0.2, 0.25) is 15.2 Å². The van der Waals surface area contributed by atoms with E-state index in [0.717, 1.165) is 0 Å². The Morgan fingerprint density at radius 3 is 2.47 bits per heavy atom. The molecule has 1 aromatic heterocycles. The average molecular weight is 380 g/mol. The fourth-order valence-corrected chi connectivity index (χ4v) is 2.26. The Morgan fingerprint density at radius 1 is 1.11 bits per heavy atom. The van der Waals surface area contributed by atoms with Crippen LogP contribution in [0.5, 0.6) is 0 Å². The predicted molar refractivity (Wildman–Crippen MR) is 81.4 cm³/mol. The molecular weight excluding hydrogens is 374 g/mol. The summed E-state index contributed by atoms with van der Waals surface area (Å²) >= 11 is 20.9. The van der Waals surface area contributed by atoms with E-state index in [4.69, 9.17) is 34.8 Å². The molecule has 0 saturated heterocycles. The lowest BCUT2D eigenvalue weighted by Crippen LogP contribution is -2.12. The fourth-order valence-electron chi connectivity index (χ4n) is 1.33. The Kier molecular flexibility index (Phi) is 4.68. The number of pyridine rings is 1. The molecule has 3 nitrogen and oxygen atoms in total. The van der Waals surface area contributed by atoms with Crippen molar-refractivity contribution in [3.05, 3.63) is 55.7 Å². The Bertz CT molecular complexity index is 632. The van der Waals surface area contributed by atoms with Gasteiger partial charge in [-0.15, -0.1) is 0 Å². The maximum atomic E-state index is 12.0. The number of nitrogens with one attached hydrogen (secondary N) is 1. The van der Waals surface area contributed by atoms with Crippen LogP contribution in [0.15, 0.2) is 34.9 Å². The third kappa shape index (κ3) is 3.39. The number of amides is 1. The number of carbonyl (C=O) groups excluding carboxylic acids is 1. The summed E-state index contributed by atoms with van der Waals surface area (Å²) in [7, 11) is 0. The highest BCUT2D eigenvalue weighted by Gasteiger charge is 2.12. The van der Waals surface area contributed by atoms with Crippen LogP contribution in [0.25, 0.3) is 0 Å². The lowest BCUT2D eigenvalue weighted by molar-refractivity contribution is 0.102. The van der Waals surface area contributed by atoms with Crippen LogP contribution in [0, 0.1) is 0 Å². The Hall–Kier alpha value is -0.810. The van der Waals surface area contributed by atoms with Gasteiger partial charge >= 0.3 is 0 Å². The average Bonchev–Trinajstić information content (AvgIpc) is 2.40. The highest BCUT2D eigenvalue weighted by molar-refractivity contribution is 9.10. The van der Waals surface area contributed by atoms with Crippen LogP contribution in [-0.4, -0.2) is 10.9 Å². The second-order valence-electron chi connectivity index (χ2n) is 3.55. The molecule has 7 heteroatoms. The van der Waals surface area contributed by atoms with Crippen molar-refractivity contribution in [2.24, 2.45) is 0 Å². The van der Waals surface area contributed by atoms with Gasteiger partial charge in [0.1, 0.15) is 5.15 Å². The zero-order valence-corrected chi connectivity index (χ0v) is 13.1. The molecule has 0 aliphatic carbocycles. The molecule has 0 unspecified atom stereocenters. The van der Waals surface area contributed by atoms with Gasteiger partial charge in [0.25, 0.3) is 5.91 Å². The predicted octanol–water partition coefficient (Wildman–Crippen LogP) is 5.06. The van der Waals surface area contributed by atoms with E-state index in [1.807, 2.05) is 0 Å². The van der Waals surface area contributed by atoms with Crippen molar-refractivity contribution in [2.45, 2.75) is 0 Å². The minimum atomic E-state index is -0.343. The lowest BCUT2D eigenvalue weighted by atomic mass is 10.2. The molecule has 2 rings (SSSR count). The number of hydrogen-bond acceptors (Lipinski definition) is 2. The first-order valence-electron chi connectivity index (χ1n) is 5.05. The summed E-state index contributed by atoms with van der Waals surface area (Å²) in [6.45, 7) is 0. The lowest BCUT2D eigenvalue weighted by Gasteiger charge is -2.09. The molecule has 1 heterocycles. The topological polar surface area (TPSA) is 42.0 Å². The summed E-state index contributed by atoms with van der Waals surface area (Å²) < 4.78 is 0.658. The largest absolute Gasteiger partial charge is 0.321 e. The van der Waals surface area contributed by atoms with Gasteiger partial charge in [-0.05, 0) is 40.2 Å². The normalized spacial score (nSPS) is 10.3. The first-order chi connectivity index (χ1) is 8.99. The van der Waals surface area contributed by atoms with Gasteiger partial charge in [0.05, 0.1) is 21.3 Å². The molecule has 0 bridgehead atoms. The number of aromatic nitrogens is 1. The monoisotopic (exact) mass is 378 g/mol. The highest BCUT2D eigenvalue weighted by atomic mass is 79.9. The van der Waals surface area contributed by atoms with E-state index in [-0.39, 0.29) is 10.9 Å². The van der Waals surface area contributed by atoms with Gasteiger partial charge in [0.15, 0.2) is 0 Å². The van der Waals surface area contributed by atoms with E-state index in [0.29, 0.717) is 25.9 Å². The number of anilines is 1. The van der Waals surface area contributed by atoms with Crippen molar-refractivity contribution in [3.63, 3.8) is 0 Å². The maximum absolute atomic E-state index is 12.0. The van der Waals surface area contributed by atoms with Gasteiger partial charge in [-0.2, -0.15) is 0 Å². The highest BCUT2D eigenvalue weighted by Crippen LogP contribution is 2.35. The zero-order valence-electron chi connectivity index (χ0n) is 9.25. The number of hydrogen-bond donors (Lipinski definition) is 1. The van der Waals surface area contributed by atoms with Gasteiger partial charge in [-0.3, -0.25) is 4.79 Å². The van der Waals surface area contributed by atoms with Crippen LogP contribution in [-0.2, 0) is 0 Å². The van der Waals surface area contributed by atoms with E-state index >= 15 is 0 Å². The summed E-state index contributed by atoms with van der Waals surface area (Å²) in [6, 6.07) is 6.45. The molecule has 0 atom stereocenters. The summed E-state index contributed by atoms with van der Waals surface area (Å²) in [6.07, 6.45) is 1.38. The standard InChI is InChI=1S/C12H6BrCl3N2O/c13-7-2-3-8(11(16)10(7)15)18-12(19)6-1-4-9(14)17-5-6/h1-5H,(H,18,19). The minimum Gasteiger partial charge on any atom is -0.321 e. The molecule has 0 radical (unpaired) electrons. The second kappa shape index (κ2) is 6.09. The molecule has 0 saturated carbocycles. The molecule has 19 heavy (non-hydrogen) atoms. The van der Waals surface area contributed by atoms with E-state index in [9.17, 15) is 4.79 Å². The van der Waals surface area contributed by atoms with Gasteiger partial charge < -0.3 is 5.32 Å². The molecule has 1 aromatic carbocycles. The maximum Gasteiger partial charge on any atom is 0.257 e. The summed E-state index contributed by atoms with van der Waals surface area (Å²) in [5.74, 6) is -0.343. The van der Waals surface area contributed by atoms with Gasteiger partial charge in [-0.25, -0.2) is 4.98 Å². The van der Waals surface area contributed by atoms with E-state index in [2.05, 4.69) is 26.2 Å². The third-order valence-electron chi connectivity index (χ3n) is 2.27. The summed E-state index contributed by atoms with van der Waals surface area (Å²) in [4.78, 5) is 15.8. The molecule has 1 amide bonds. The van der Waals surface area contributed by atoms with Crippen molar-refractivity contribution < 1.29 is 4.79 Å². The molecular formula is C12H6BrCl3N2O. The molecule has 0 fully saturated rings. The van der Waals surface area contributed by atoms with Crippen LogP contribution in [0.1, 0.15) is 10.4 Å². The van der Waals surface area contributed by atoms with E-state index in [1.54, 1.807) is 18.2 Å². The second-order valence-corrected chi connectivity index (χ2v) is 5.54. The number of benzene rings is 1. The van der Waals surface area contributed by atoms with Crippen molar-refractivity contribution in [1.82, 2.24) is 4.98 Å². The van der Waals surface area contributed by atoms with Gasteiger partial charge in [-0.1, -0.05) is 34.8 Å². The van der Waals surface area contributed by atoms with E-state index < -0.39 is 0 Å². The quantitative estimate of drug-likeness (QED) is 0.585. The SMILES string of the molecule is O=C(Nc1ccc(Br)c(Cl)c1Cl)c1ccc(Cl)nc1. The molecule has 0 aliphatic heterocycles. The van der Waals surface area contributed by atoms with Crippen molar-refractivity contribution in [2.75, 3.05) is 5.32 Å². The number of nitrogens with zero attached hydrogens (tertiary/aromatic N) is 1. The van der Waals surface area contributed by atoms with Crippen molar-refractivity contribution >= 4 is 62.3 Å². The van der Waals surface area contributed by atoms with Crippen molar-refractivity contribution in [1.29, 1.82) is 0 Å². The Balaban J connectivity index is 2.24. The zero-order chi connectivity index (χ0) is 14.0. The molecule has 98 valence electrons. The third-order valence-corrected chi connectivity index (χ3v) is 4.27. The smallest absolute Gasteiger partial charge is 0.257 e. The molecule has 2 aromatic rings. The van der Waals surface area contributed by atoms with Crippen LogP contribution >= 0.6 is 50.7 Å². The number of rotatable bonds is 2.